The Labute approximate surface area is 136 Å². The SMILES string of the molecule is Cc1cc(CNCC2(CO)CCOCC2)ccc1-n1cncn1. The minimum absolute atomic E-state index is 0.0338. The second-order valence-electron chi connectivity index (χ2n) is 6.33. The summed E-state index contributed by atoms with van der Waals surface area (Å²) in [6.45, 7) is 5.39. The lowest BCUT2D eigenvalue weighted by Gasteiger charge is -2.35. The highest BCUT2D eigenvalue weighted by atomic mass is 16.5. The second kappa shape index (κ2) is 7.21. The van der Waals surface area contributed by atoms with E-state index >= 15 is 0 Å². The van der Waals surface area contributed by atoms with Crippen LogP contribution in [0.3, 0.4) is 0 Å². The van der Waals surface area contributed by atoms with Crippen LogP contribution in [0.5, 0.6) is 0 Å². The van der Waals surface area contributed by atoms with Gasteiger partial charge in [-0.2, -0.15) is 5.10 Å². The fourth-order valence-electron chi connectivity index (χ4n) is 3.08. The van der Waals surface area contributed by atoms with Gasteiger partial charge < -0.3 is 15.2 Å². The molecule has 1 aliphatic heterocycles. The molecule has 1 fully saturated rings. The molecule has 6 heteroatoms. The Kier molecular flexibility index (Phi) is 5.05. The van der Waals surface area contributed by atoms with E-state index in [1.807, 2.05) is 0 Å². The summed E-state index contributed by atoms with van der Waals surface area (Å²) < 4.78 is 7.18. The van der Waals surface area contributed by atoms with Crippen molar-refractivity contribution in [2.75, 3.05) is 26.4 Å². The zero-order valence-electron chi connectivity index (χ0n) is 13.5. The van der Waals surface area contributed by atoms with Crippen molar-refractivity contribution in [2.45, 2.75) is 26.3 Å². The fourth-order valence-corrected chi connectivity index (χ4v) is 3.08. The standard InChI is InChI=1S/C17H24N4O2/c1-14-8-15(2-3-16(14)21-13-19-12-20-21)9-18-10-17(11-22)4-6-23-7-5-17/h2-3,8,12-13,18,22H,4-7,9-11H2,1H3. The van der Waals surface area contributed by atoms with Crippen LogP contribution in [-0.4, -0.2) is 46.2 Å². The zero-order chi connectivity index (χ0) is 16.1. The Bertz CT molecular complexity index is 622. The maximum absolute atomic E-state index is 9.71. The quantitative estimate of drug-likeness (QED) is 0.844. The Morgan fingerprint density at radius 1 is 1.35 bits per heavy atom. The summed E-state index contributed by atoms with van der Waals surface area (Å²) >= 11 is 0. The average Bonchev–Trinajstić information content (AvgIpc) is 3.10. The molecule has 0 saturated carbocycles. The van der Waals surface area contributed by atoms with Gasteiger partial charge >= 0.3 is 0 Å². The molecule has 1 saturated heterocycles. The molecule has 0 aliphatic carbocycles. The highest BCUT2D eigenvalue weighted by Gasteiger charge is 2.31. The van der Waals surface area contributed by atoms with E-state index in [9.17, 15) is 5.11 Å². The fraction of sp³-hybridized carbons (Fsp3) is 0.529. The molecule has 1 aromatic heterocycles. The normalized spacial score (nSPS) is 17.3. The number of rotatable bonds is 6. The topological polar surface area (TPSA) is 72.2 Å². The van der Waals surface area contributed by atoms with E-state index in [2.05, 4.69) is 40.5 Å². The van der Waals surface area contributed by atoms with Crippen molar-refractivity contribution in [1.82, 2.24) is 20.1 Å². The number of hydrogen-bond donors (Lipinski definition) is 2. The number of benzene rings is 1. The Morgan fingerprint density at radius 3 is 2.83 bits per heavy atom. The molecule has 0 radical (unpaired) electrons. The molecule has 2 heterocycles. The minimum Gasteiger partial charge on any atom is -0.396 e. The summed E-state index contributed by atoms with van der Waals surface area (Å²) in [6, 6.07) is 6.34. The summed E-state index contributed by atoms with van der Waals surface area (Å²) in [5.74, 6) is 0. The average molecular weight is 316 g/mol. The first-order chi connectivity index (χ1) is 11.2. The van der Waals surface area contributed by atoms with Crippen molar-refractivity contribution in [3.63, 3.8) is 0 Å². The van der Waals surface area contributed by atoms with Crippen molar-refractivity contribution in [3.8, 4) is 5.69 Å². The maximum Gasteiger partial charge on any atom is 0.138 e. The lowest BCUT2D eigenvalue weighted by Crippen LogP contribution is -2.41. The first kappa shape index (κ1) is 16.1. The van der Waals surface area contributed by atoms with Gasteiger partial charge in [-0.05, 0) is 37.0 Å². The van der Waals surface area contributed by atoms with E-state index < -0.39 is 0 Å². The third kappa shape index (κ3) is 3.77. The van der Waals surface area contributed by atoms with E-state index in [-0.39, 0.29) is 12.0 Å². The zero-order valence-corrected chi connectivity index (χ0v) is 13.5. The molecule has 0 atom stereocenters. The van der Waals surface area contributed by atoms with Crippen molar-refractivity contribution < 1.29 is 9.84 Å². The predicted octanol–water partition coefficient (Wildman–Crippen LogP) is 1.45. The molecule has 0 amide bonds. The third-order valence-corrected chi connectivity index (χ3v) is 4.64. The van der Waals surface area contributed by atoms with Gasteiger partial charge in [0.1, 0.15) is 12.7 Å². The van der Waals surface area contributed by atoms with E-state index in [0.29, 0.717) is 0 Å². The van der Waals surface area contributed by atoms with Crippen molar-refractivity contribution in [2.24, 2.45) is 5.41 Å². The van der Waals surface area contributed by atoms with Gasteiger partial charge in [0.2, 0.25) is 0 Å². The first-order valence-corrected chi connectivity index (χ1v) is 8.06. The lowest BCUT2D eigenvalue weighted by molar-refractivity contribution is -0.0154. The molecule has 0 spiro atoms. The van der Waals surface area contributed by atoms with Crippen LogP contribution in [0.2, 0.25) is 0 Å². The van der Waals surface area contributed by atoms with Crippen LogP contribution >= 0.6 is 0 Å². The molecular formula is C17H24N4O2. The number of ether oxygens (including phenoxy) is 1. The Balaban J connectivity index is 1.59. The second-order valence-corrected chi connectivity index (χ2v) is 6.33. The van der Waals surface area contributed by atoms with E-state index in [0.717, 1.165) is 50.4 Å². The molecule has 23 heavy (non-hydrogen) atoms. The molecule has 2 N–H and O–H groups in total. The van der Waals surface area contributed by atoms with E-state index in [4.69, 9.17) is 4.74 Å². The summed E-state index contributed by atoms with van der Waals surface area (Å²) in [5.41, 5.74) is 3.40. The van der Waals surface area contributed by atoms with Crippen molar-refractivity contribution in [3.05, 3.63) is 42.0 Å². The minimum atomic E-state index is -0.0338. The molecule has 0 unspecified atom stereocenters. The smallest absolute Gasteiger partial charge is 0.138 e. The van der Waals surface area contributed by atoms with Gasteiger partial charge in [0.05, 0.1) is 12.3 Å². The van der Waals surface area contributed by atoms with Gasteiger partial charge in [0, 0.05) is 31.7 Å². The summed E-state index contributed by atoms with van der Waals surface area (Å²) in [7, 11) is 0. The van der Waals surface area contributed by atoms with E-state index in [1.165, 1.54) is 11.9 Å². The van der Waals surface area contributed by atoms with Gasteiger partial charge in [-0.15, -0.1) is 0 Å². The van der Waals surface area contributed by atoms with Crippen LogP contribution in [0, 0.1) is 12.3 Å². The van der Waals surface area contributed by atoms with Gasteiger partial charge in [-0.3, -0.25) is 0 Å². The highest BCUT2D eigenvalue weighted by molar-refractivity contribution is 5.41. The molecule has 6 nitrogen and oxygen atoms in total. The first-order valence-electron chi connectivity index (χ1n) is 8.06. The van der Waals surface area contributed by atoms with Crippen LogP contribution in [0.15, 0.2) is 30.9 Å². The van der Waals surface area contributed by atoms with Crippen molar-refractivity contribution >= 4 is 0 Å². The lowest BCUT2D eigenvalue weighted by atomic mass is 9.81. The van der Waals surface area contributed by atoms with Gasteiger partial charge in [-0.25, -0.2) is 9.67 Å². The molecule has 1 aliphatic rings. The molecular weight excluding hydrogens is 292 g/mol. The monoisotopic (exact) mass is 316 g/mol. The number of nitrogens with one attached hydrogen (secondary N) is 1. The van der Waals surface area contributed by atoms with Gasteiger partial charge in [-0.1, -0.05) is 12.1 Å². The number of aliphatic hydroxyl groups excluding tert-OH is 1. The molecule has 1 aromatic carbocycles. The number of nitrogens with zero attached hydrogens (tertiary/aromatic N) is 3. The third-order valence-electron chi connectivity index (χ3n) is 4.64. The molecule has 3 rings (SSSR count). The summed E-state index contributed by atoms with van der Waals surface area (Å²) in [6.07, 6.45) is 5.08. The number of aliphatic hydroxyl groups is 1. The van der Waals surface area contributed by atoms with Crippen LogP contribution < -0.4 is 5.32 Å². The van der Waals surface area contributed by atoms with Crippen LogP contribution in [-0.2, 0) is 11.3 Å². The largest absolute Gasteiger partial charge is 0.396 e. The summed E-state index contributed by atoms with van der Waals surface area (Å²) in [5, 5.41) is 17.4. The number of hydrogen-bond acceptors (Lipinski definition) is 5. The van der Waals surface area contributed by atoms with Crippen LogP contribution in [0.25, 0.3) is 5.69 Å². The van der Waals surface area contributed by atoms with E-state index in [1.54, 1.807) is 11.0 Å². The van der Waals surface area contributed by atoms with Crippen LogP contribution in [0.1, 0.15) is 24.0 Å². The summed E-state index contributed by atoms with van der Waals surface area (Å²) in [4.78, 5) is 3.99. The molecule has 124 valence electrons. The number of aryl methyl sites for hydroxylation is 1. The van der Waals surface area contributed by atoms with Crippen LogP contribution in [0.4, 0.5) is 0 Å². The molecule has 0 bridgehead atoms. The number of aromatic nitrogens is 3. The molecule has 2 aromatic rings. The highest BCUT2D eigenvalue weighted by Crippen LogP contribution is 2.29. The Morgan fingerprint density at radius 2 is 2.17 bits per heavy atom. The van der Waals surface area contributed by atoms with Gasteiger partial charge in [0.25, 0.3) is 0 Å². The Hall–Kier alpha value is -1.76. The predicted molar refractivity (Wildman–Crippen MR) is 87.4 cm³/mol. The van der Waals surface area contributed by atoms with Crippen molar-refractivity contribution in [1.29, 1.82) is 0 Å². The maximum atomic E-state index is 9.71. The van der Waals surface area contributed by atoms with Gasteiger partial charge in [0.15, 0.2) is 0 Å².